The van der Waals surface area contributed by atoms with Crippen molar-refractivity contribution in [3.8, 4) is 5.69 Å². The van der Waals surface area contributed by atoms with Gasteiger partial charge in [0.25, 0.3) is 0 Å². The average Bonchev–Trinajstić information content (AvgIpc) is 3.11. The Morgan fingerprint density at radius 1 is 1.25 bits per heavy atom. The number of hydrogen-bond donors (Lipinski definition) is 1. The molecular formula is C18H25ClN4O. The molecule has 1 fully saturated rings. The van der Waals surface area contributed by atoms with Gasteiger partial charge in [0.15, 0.2) is 0 Å². The van der Waals surface area contributed by atoms with Gasteiger partial charge >= 0.3 is 0 Å². The second-order valence-corrected chi connectivity index (χ2v) is 6.18. The van der Waals surface area contributed by atoms with Crippen LogP contribution in [0.3, 0.4) is 0 Å². The van der Waals surface area contributed by atoms with E-state index >= 15 is 0 Å². The Balaban J connectivity index is 0.00000208. The van der Waals surface area contributed by atoms with Crippen LogP contribution in [0.15, 0.2) is 42.7 Å². The molecule has 0 atom stereocenters. The molecule has 2 aromatic rings. The summed E-state index contributed by atoms with van der Waals surface area (Å²) in [4.78, 5) is 14.4. The highest BCUT2D eigenvalue weighted by atomic mass is 35.5. The summed E-state index contributed by atoms with van der Waals surface area (Å²) in [5.74, 6) is 0.942. The zero-order valence-electron chi connectivity index (χ0n) is 14.0. The minimum absolute atomic E-state index is 0. The maximum Gasteiger partial charge on any atom is 0.226 e. The standard InChI is InChI=1S/C18H24N4O.ClH/c1-19-14-16-7-11-21(12-8-16)18(23)13-15-3-5-17(6-4-15)22-10-2-9-20-22;/h2-6,9-10,16,19H,7-8,11-14H2,1H3;1H. The summed E-state index contributed by atoms with van der Waals surface area (Å²) in [6, 6.07) is 9.95. The number of halogens is 1. The van der Waals surface area contributed by atoms with E-state index in [-0.39, 0.29) is 18.3 Å². The average molecular weight is 349 g/mol. The van der Waals surface area contributed by atoms with Crippen LogP contribution in [0, 0.1) is 5.92 Å². The summed E-state index contributed by atoms with van der Waals surface area (Å²) < 4.78 is 1.82. The highest BCUT2D eigenvalue weighted by molar-refractivity contribution is 5.85. The largest absolute Gasteiger partial charge is 0.342 e. The van der Waals surface area contributed by atoms with Crippen molar-refractivity contribution >= 4 is 18.3 Å². The van der Waals surface area contributed by atoms with Crippen LogP contribution < -0.4 is 5.32 Å². The normalized spacial score (nSPS) is 15.1. The molecule has 1 saturated heterocycles. The molecule has 3 rings (SSSR count). The number of nitrogens with zero attached hydrogens (tertiary/aromatic N) is 3. The Bertz CT molecular complexity index is 619. The summed E-state index contributed by atoms with van der Waals surface area (Å²) in [5, 5.41) is 7.44. The highest BCUT2D eigenvalue weighted by Crippen LogP contribution is 2.17. The molecule has 1 aromatic heterocycles. The van der Waals surface area contributed by atoms with Crippen LogP contribution >= 0.6 is 12.4 Å². The molecule has 1 aromatic carbocycles. The van der Waals surface area contributed by atoms with Gasteiger partial charge in [0, 0.05) is 25.5 Å². The molecule has 0 bridgehead atoms. The first-order chi connectivity index (χ1) is 11.3. The Labute approximate surface area is 149 Å². The lowest BCUT2D eigenvalue weighted by Crippen LogP contribution is -2.41. The van der Waals surface area contributed by atoms with Gasteiger partial charge in [0.05, 0.1) is 12.1 Å². The van der Waals surface area contributed by atoms with Gasteiger partial charge in [-0.15, -0.1) is 12.4 Å². The molecule has 1 aliphatic rings. The van der Waals surface area contributed by atoms with E-state index in [1.165, 1.54) is 0 Å². The van der Waals surface area contributed by atoms with E-state index in [1.54, 1.807) is 6.20 Å². The molecule has 1 amide bonds. The summed E-state index contributed by atoms with van der Waals surface area (Å²) >= 11 is 0. The van der Waals surface area contributed by atoms with Crippen molar-refractivity contribution in [2.45, 2.75) is 19.3 Å². The van der Waals surface area contributed by atoms with Crippen molar-refractivity contribution in [1.82, 2.24) is 20.0 Å². The Morgan fingerprint density at radius 3 is 2.54 bits per heavy atom. The summed E-state index contributed by atoms with van der Waals surface area (Å²) in [7, 11) is 1.99. The first-order valence-corrected chi connectivity index (χ1v) is 8.27. The first kappa shape index (κ1) is 18.5. The minimum atomic E-state index is 0. The summed E-state index contributed by atoms with van der Waals surface area (Å²) in [6.07, 6.45) is 6.36. The topological polar surface area (TPSA) is 50.2 Å². The van der Waals surface area contributed by atoms with E-state index in [4.69, 9.17) is 0 Å². The van der Waals surface area contributed by atoms with Gasteiger partial charge in [0.1, 0.15) is 0 Å². The third kappa shape index (κ3) is 4.58. The number of hydrogen-bond acceptors (Lipinski definition) is 3. The fraction of sp³-hybridized carbons (Fsp3) is 0.444. The third-order valence-corrected chi connectivity index (χ3v) is 4.52. The fourth-order valence-electron chi connectivity index (χ4n) is 3.15. The maximum absolute atomic E-state index is 12.4. The van der Waals surface area contributed by atoms with Crippen LogP contribution in [0.5, 0.6) is 0 Å². The molecular weight excluding hydrogens is 324 g/mol. The molecule has 0 spiro atoms. The van der Waals surface area contributed by atoms with Crippen LogP contribution in [-0.4, -0.2) is 47.3 Å². The smallest absolute Gasteiger partial charge is 0.226 e. The number of carbonyl (C=O) groups excluding carboxylic acids is 1. The van der Waals surface area contributed by atoms with Crippen LogP contribution in [0.2, 0.25) is 0 Å². The number of likely N-dealkylation sites (tertiary alicyclic amines) is 1. The van der Waals surface area contributed by atoms with Crippen molar-refractivity contribution in [1.29, 1.82) is 0 Å². The van der Waals surface area contributed by atoms with Crippen molar-refractivity contribution in [3.05, 3.63) is 48.3 Å². The molecule has 1 N–H and O–H groups in total. The van der Waals surface area contributed by atoms with E-state index in [0.29, 0.717) is 12.3 Å². The van der Waals surface area contributed by atoms with Crippen molar-refractivity contribution in [2.75, 3.05) is 26.7 Å². The minimum Gasteiger partial charge on any atom is -0.342 e. The van der Waals surface area contributed by atoms with Crippen molar-refractivity contribution in [2.24, 2.45) is 5.92 Å². The molecule has 1 aliphatic heterocycles. The van der Waals surface area contributed by atoms with Gasteiger partial charge in [-0.25, -0.2) is 4.68 Å². The van der Waals surface area contributed by atoms with Crippen LogP contribution in [-0.2, 0) is 11.2 Å². The van der Waals surface area contributed by atoms with Crippen LogP contribution in [0.25, 0.3) is 5.69 Å². The molecule has 130 valence electrons. The van der Waals surface area contributed by atoms with E-state index < -0.39 is 0 Å². The van der Waals surface area contributed by atoms with Crippen LogP contribution in [0.1, 0.15) is 18.4 Å². The Hall–Kier alpha value is -1.85. The number of nitrogens with one attached hydrogen (secondary N) is 1. The lowest BCUT2D eigenvalue weighted by molar-refractivity contribution is -0.131. The molecule has 0 saturated carbocycles. The van der Waals surface area contributed by atoms with E-state index in [9.17, 15) is 4.79 Å². The number of benzene rings is 1. The van der Waals surface area contributed by atoms with Gasteiger partial charge in [-0.1, -0.05) is 12.1 Å². The molecule has 24 heavy (non-hydrogen) atoms. The summed E-state index contributed by atoms with van der Waals surface area (Å²) in [6.45, 7) is 2.82. The lowest BCUT2D eigenvalue weighted by Gasteiger charge is -2.32. The highest BCUT2D eigenvalue weighted by Gasteiger charge is 2.22. The number of carbonyl (C=O) groups is 1. The van der Waals surface area contributed by atoms with Gasteiger partial charge in [-0.3, -0.25) is 4.79 Å². The molecule has 0 aliphatic carbocycles. The van der Waals surface area contributed by atoms with Crippen molar-refractivity contribution < 1.29 is 4.79 Å². The third-order valence-electron chi connectivity index (χ3n) is 4.52. The predicted octanol–water partition coefficient (Wildman–Crippen LogP) is 2.29. The first-order valence-electron chi connectivity index (χ1n) is 8.27. The van der Waals surface area contributed by atoms with Gasteiger partial charge in [-0.05, 0) is 56.1 Å². The van der Waals surface area contributed by atoms with E-state index in [2.05, 4.69) is 10.4 Å². The molecule has 2 heterocycles. The fourth-order valence-corrected chi connectivity index (χ4v) is 3.15. The van der Waals surface area contributed by atoms with Crippen LogP contribution in [0.4, 0.5) is 0 Å². The molecule has 0 radical (unpaired) electrons. The quantitative estimate of drug-likeness (QED) is 0.902. The number of aromatic nitrogens is 2. The second-order valence-electron chi connectivity index (χ2n) is 6.18. The van der Waals surface area contributed by atoms with Gasteiger partial charge in [-0.2, -0.15) is 5.10 Å². The molecule has 0 unspecified atom stereocenters. The van der Waals surface area contributed by atoms with Gasteiger partial charge < -0.3 is 10.2 Å². The lowest BCUT2D eigenvalue weighted by atomic mass is 9.96. The Morgan fingerprint density at radius 2 is 1.96 bits per heavy atom. The van der Waals surface area contributed by atoms with E-state index in [0.717, 1.165) is 43.7 Å². The summed E-state index contributed by atoms with van der Waals surface area (Å²) in [5.41, 5.74) is 2.07. The number of piperidine rings is 1. The zero-order valence-corrected chi connectivity index (χ0v) is 14.8. The predicted molar refractivity (Wildman–Crippen MR) is 97.7 cm³/mol. The molecule has 6 heteroatoms. The Kier molecular flexibility index (Phi) is 6.82. The van der Waals surface area contributed by atoms with Crippen molar-refractivity contribution in [3.63, 3.8) is 0 Å². The SMILES string of the molecule is CNCC1CCN(C(=O)Cc2ccc(-n3cccn3)cc2)CC1.Cl. The molecule has 5 nitrogen and oxygen atoms in total. The zero-order chi connectivity index (χ0) is 16.1. The monoisotopic (exact) mass is 348 g/mol. The number of rotatable bonds is 5. The maximum atomic E-state index is 12.4. The van der Waals surface area contributed by atoms with Gasteiger partial charge in [0.2, 0.25) is 5.91 Å². The number of amides is 1. The second kappa shape index (κ2) is 8.85. The van der Waals surface area contributed by atoms with E-state index in [1.807, 2.05) is 53.2 Å².